The van der Waals surface area contributed by atoms with E-state index in [2.05, 4.69) is 20.8 Å². The Kier molecular flexibility index (Phi) is 3.89. The number of hydrogen-bond donors (Lipinski definition) is 0. The molecule has 2 atom stereocenters. The molecule has 0 amide bonds. The molecule has 0 aromatic heterocycles. The Morgan fingerprint density at radius 2 is 1.62 bits per heavy atom. The summed E-state index contributed by atoms with van der Waals surface area (Å²) in [5.41, 5.74) is 1.60. The van der Waals surface area contributed by atoms with Crippen LogP contribution in [0.25, 0.3) is 6.08 Å². The maximum atomic E-state index is 13.0. The minimum absolute atomic E-state index is 0.0105. The van der Waals surface area contributed by atoms with Gasteiger partial charge in [-0.15, -0.1) is 0 Å². The fourth-order valence-electron chi connectivity index (χ4n) is 4.46. The first-order valence-corrected chi connectivity index (χ1v) is 8.36. The number of carbonyl (C=O) groups is 1. The van der Waals surface area contributed by atoms with Gasteiger partial charge in [0.25, 0.3) is 0 Å². The third kappa shape index (κ3) is 2.08. The minimum Gasteiger partial charge on any atom is -0.493 e. The quantitative estimate of drug-likeness (QED) is 0.779. The Bertz CT molecular complexity index is 691. The maximum Gasteiger partial charge on any atom is 0.203 e. The molecule has 2 fully saturated rings. The molecule has 0 radical (unpaired) electrons. The van der Waals surface area contributed by atoms with Gasteiger partial charge in [-0.3, -0.25) is 4.79 Å². The number of carbonyl (C=O) groups excluding carboxylic acids is 1. The minimum atomic E-state index is -0.246. The Morgan fingerprint density at radius 3 is 2.04 bits per heavy atom. The molecule has 0 spiro atoms. The van der Waals surface area contributed by atoms with Gasteiger partial charge in [0.2, 0.25) is 5.75 Å². The van der Waals surface area contributed by atoms with Gasteiger partial charge in [-0.05, 0) is 53.5 Å². The van der Waals surface area contributed by atoms with E-state index in [1.165, 1.54) is 0 Å². The zero-order valence-electron chi connectivity index (χ0n) is 15.4. The molecule has 2 aliphatic carbocycles. The van der Waals surface area contributed by atoms with Gasteiger partial charge in [0.05, 0.1) is 21.3 Å². The van der Waals surface area contributed by atoms with E-state index in [0.717, 1.165) is 24.0 Å². The van der Waals surface area contributed by atoms with E-state index >= 15 is 0 Å². The summed E-state index contributed by atoms with van der Waals surface area (Å²) in [5.74, 6) is 2.37. The van der Waals surface area contributed by atoms with Crippen molar-refractivity contribution in [3.63, 3.8) is 0 Å². The Labute approximate surface area is 143 Å². The summed E-state index contributed by atoms with van der Waals surface area (Å²) in [6, 6.07) is 3.78. The van der Waals surface area contributed by atoms with Gasteiger partial charge in [0, 0.05) is 5.41 Å². The highest BCUT2D eigenvalue weighted by molar-refractivity contribution is 6.08. The highest BCUT2D eigenvalue weighted by Gasteiger charge is 2.63. The smallest absolute Gasteiger partial charge is 0.203 e. The van der Waals surface area contributed by atoms with Gasteiger partial charge in [0.1, 0.15) is 0 Å². The summed E-state index contributed by atoms with van der Waals surface area (Å²) >= 11 is 0. The lowest BCUT2D eigenvalue weighted by atomic mass is 9.70. The Balaban J connectivity index is 2.09. The second kappa shape index (κ2) is 5.54. The van der Waals surface area contributed by atoms with Crippen LogP contribution in [0.5, 0.6) is 17.2 Å². The standard InChI is InChI=1S/C20H26O4/c1-19(2)14-7-8-20(19,3)18(21)13(14)9-12-10-15(22-4)17(24-6)16(11-12)23-5/h9-11,14H,7-8H2,1-6H3. The summed E-state index contributed by atoms with van der Waals surface area (Å²) in [6.07, 6.45) is 4.06. The predicted molar refractivity (Wildman–Crippen MR) is 93.7 cm³/mol. The number of Topliss-reactive ketones (excluding diaryl/α,β-unsaturated/α-hetero) is 1. The molecule has 4 nitrogen and oxygen atoms in total. The van der Waals surface area contributed by atoms with Gasteiger partial charge in [-0.2, -0.15) is 0 Å². The van der Waals surface area contributed by atoms with Crippen molar-refractivity contribution in [2.24, 2.45) is 16.7 Å². The van der Waals surface area contributed by atoms with Crippen molar-refractivity contribution in [3.8, 4) is 17.2 Å². The van der Waals surface area contributed by atoms with Crippen molar-refractivity contribution in [2.45, 2.75) is 33.6 Å². The molecule has 130 valence electrons. The molecule has 0 N–H and O–H groups in total. The van der Waals surface area contributed by atoms with Crippen LogP contribution in [-0.4, -0.2) is 27.1 Å². The molecule has 1 aromatic rings. The van der Waals surface area contributed by atoms with Crippen LogP contribution in [0, 0.1) is 16.7 Å². The monoisotopic (exact) mass is 330 g/mol. The van der Waals surface area contributed by atoms with Crippen molar-refractivity contribution in [1.29, 1.82) is 0 Å². The second-order valence-electron chi connectivity index (χ2n) is 7.53. The molecule has 2 aliphatic rings. The van der Waals surface area contributed by atoms with E-state index in [4.69, 9.17) is 14.2 Å². The Morgan fingerprint density at radius 1 is 1.04 bits per heavy atom. The lowest BCUT2D eigenvalue weighted by Gasteiger charge is -2.31. The summed E-state index contributed by atoms with van der Waals surface area (Å²) in [4.78, 5) is 13.0. The molecule has 0 saturated heterocycles. The summed E-state index contributed by atoms with van der Waals surface area (Å²) in [6.45, 7) is 6.56. The fourth-order valence-corrected chi connectivity index (χ4v) is 4.46. The highest BCUT2D eigenvalue weighted by Crippen LogP contribution is 2.65. The molecule has 2 saturated carbocycles. The van der Waals surface area contributed by atoms with Gasteiger partial charge < -0.3 is 14.2 Å². The van der Waals surface area contributed by atoms with Crippen molar-refractivity contribution < 1.29 is 19.0 Å². The summed E-state index contributed by atoms with van der Waals surface area (Å²) in [7, 11) is 4.78. The number of fused-ring (bicyclic) bond motifs is 2. The number of hydrogen-bond acceptors (Lipinski definition) is 4. The van der Waals surface area contributed by atoms with Crippen LogP contribution in [0.15, 0.2) is 17.7 Å². The molecule has 3 rings (SSSR count). The van der Waals surface area contributed by atoms with Crippen LogP contribution < -0.4 is 14.2 Å². The average Bonchev–Trinajstić information content (AvgIpc) is 2.87. The zero-order chi connectivity index (χ0) is 17.7. The first kappa shape index (κ1) is 16.9. The first-order valence-electron chi connectivity index (χ1n) is 8.36. The number of ether oxygens (including phenoxy) is 3. The average molecular weight is 330 g/mol. The van der Waals surface area contributed by atoms with Crippen molar-refractivity contribution in [2.75, 3.05) is 21.3 Å². The van der Waals surface area contributed by atoms with Gasteiger partial charge in [-0.1, -0.05) is 20.8 Å². The van der Waals surface area contributed by atoms with E-state index in [-0.39, 0.29) is 16.6 Å². The molecule has 0 heterocycles. The SMILES string of the molecule is COc1cc(C=C2C(=O)C3(C)CCC2C3(C)C)cc(OC)c1OC. The largest absolute Gasteiger partial charge is 0.493 e. The van der Waals surface area contributed by atoms with Gasteiger partial charge >= 0.3 is 0 Å². The van der Waals surface area contributed by atoms with Crippen molar-refractivity contribution in [1.82, 2.24) is 0 Å². The lowest BCUT2D eigenvalue weighted by molar-refractivity contribution is -0.125. The van der Waals surface area contributed by atoms with Crippen molar-refractivity contribution >= 4 is 11.9 Å². The fraction of sp³-hybridized carbons (Fsp3) is 0.550. The molecule has 4 heteroatoms. The third-order valence-electron chi connectivity index (χ3n) is 6.37. The predicted octanol–water partition coefficient (Wildman–Crippen LogP) is 4.12. The van der Waals surface area contributed by atoms with E-state index in [1.54, 1.807) is 21.3 Å². The van der Waals surface area contributed by atoms with Crippen molar-refractivity contribution in [3.05, 3.63) is 23.3 Å². The number of methoxy groups -OCH3 is 3. The van der Waals surface area contributed by atoms with E-state index in [9.17, 15) is 4.79 Å². The molecule has 1 aromatic carbocycles. The molecule has 2 unspecified atom stereocenters. The normalized spacial score (nSPS) is 29.2. The molecule has 24 heavy (non-hydrogen) atoms. The van der Waals surface area contributed by atoms with E-state index in [1.807, 2.05) is 18.2 Å². The Hall–Kier alpha value is -1.97. The second-order valence-corrected chi connectivity index (χ2v) is 7.53. The van der Waals surface area contributed by atoms with Crippen LogP contribution >= 0.6 is 0 Å². The third-order valence-corrected chi connectivity index (χ3v) is 6.37. The molecule has 0 aliphatic heterocycles. The molecule has 2 bridgehead atoms. The molecular formula is C20H26O4. The maximum absolute atomic E-state index is 13.0. The molecular weight excluding hydrogens is 304 g/mol. The van der Waals surface area contributed by atoms with Gasteiger partial charge in [0.15, 0.2) is 17.3 Å². The van der Waals surface area contributed by atoms with E-state index in [0.29, 0.717) is 23.2 Å². The number of benzene rings is 1. The van der Waals surface area contributed by atoms with E-state index < -0.39 is 0 Å². The van der Waals surface area contributed by atoms with Crippen LogP contribution in [0.1, 0.15) is 39.2 Å². The summed E-state index contributed by atoms with van der Waals surface area (Å²) < 4.78 is 16.2. The number of allylic oxidation sites excluding steroid dienone is 1. The van der Waals surface area contributed by atoms with Crippen LogP contribution in [0.4, 0.5) is 0 Å². The number of rotatable bonds is 4. The lowest BCUT2D eigenvalue weighted by Crippen LogP contribution is -2.32. The van der Waals surface area contributed by atoms with Crippen LogP contribution in [-0.2, 0) is 4.79 Å². The van der Waals surface area contributed by atoms with Gasteiger partial charge in [-0.25, -0.2) is 0 Å². The topological polar surface area (TPSA) is 44.8 Å². The van der Waals surface area contributed by atoms with Crippen LogP contribution in [0.2, 0.25) is 0 Å². The van der Waals surface area contributed by atoms with Crippen LogP contribution in [0.3, 0.4) is 0 Å². The zero-order valence-corrected chi connectivity index (χ0v) is 15.4. The first-order chi connectivity index (χ1) is 11.3. The number of ketones is 1. The highest BCUT2D eigenvalue weighted by atomic mass is 16.5. The summed E-state index contributed by atoms with van der Waals surface area (Å²) in [5, 5.41) is 0.